The number of hydrogen-bond donors (Lipinski definition) is 1. The molecule has 4 rings (SSSR count). The molecule has 2 aliphatic rings. The molecule has 0 spiro atoms. The number of aryl methyl sites for hydroxylation is 1. The summed E-state index contributed by atoms with van der Waals surface area (Å²) in [6.07, 6.45) is 7.44. The van der Waals surface area contributed by atoms with Crippen LogP contribution in [-0.2, 0) is 11.3 Å². The van der Waals surface area contributed by atoms with Crippen molar-refractivity contribution in [3.05, 3.63) is 35.5 Å². The summed E-state index contributed by atoms with van der Waals surface area (Å²) in [5.41, 5.74) is 0.545. The zero-order valence-corrected chi connectivity index (χ0v) is 15.2. The number of benzene rings is 1. The molecule has 0 radical (unpaired) electrons. The van der Waals surface area contributed by atoms with E-state index in [-0.39, 0.29) is 11.8 Å². The fraction of sp³-hybridized carbons (Fsp3) is 0.550. The van der Waals surface area contributed by atoms with E-state index in [4.69, 9.17) is 11.6 Å². The summed E-state index contributed by atoms with van der Waals surface area (Å²) in [5, 5.41) is 12.5. The molecule has 4 nitrogen and oxygen atoms in total. The normalized spacial score (nSPS) is 26.6. The van der Waals surface area contributed by atoms with Crippen molar-refractivity contribution >= 4 is 28.4 Å². The molecule has 1 N–H and O–H groups in total. The molecule has 2 fully saturated rings. The first-order chi connectivity index (χ1) is 12.1. The van der Waals surface area contributed by atoms with Crippen molar-refractivity contribution in [1.82, 2.24) is 9.47 Å². The largest absolute Gasteiger partial charge is 0.389 e. The molecule has 0 bridgehead atoms. The molecule has 1 aliphatic heterocycles. The van der Waals surface area contributed by atoms with Gasteiger partial charge in [-0.3, -0.25) is 4.79 Å². The van der Waals surface area contributed by atoms with Crippen LogP contribution in [-0.4, -0.2) is 39.2 Å². The lowest BCUT2D eigenvalue weighted by Gasteiger charge is -2.47. The molecule has 5 heteroatoms. The first kappa shape index (κ1) is 16.9. The molecule has 25 heavy (non-hydrogen) atoms. The number of fused-ring (bicyclic) bond motifs is 2. The average Bonchev–Trinajstić information content (AvgIpc) is 3.03. The maximum absolute atomic E-state index is 12.7. The average molecular weight is 361 g/mol. The van der Waals surface area contributed by atoms with Crippen LogP contribution in [0.2, 0.25) is 5.02 Å². The first-order valence-electron chi connectivity index (χ1n) is 9.30. The van der Waals surface area contributed by atoms with Crippen LogP contribution < -0.4 is 0 Å². The third-order valence-electron chi connectivity index (χ3n) is 6.11. The molecule has 1 amide bonds. The summed E-state index contributed by atoms with van der Waals surface area (Å²) in [5.74, 6) is 0.446. The van der Waals surface area contributed by atoms with Crippen molar-refractivity contribution < 1.29 is 9.90 Å². The molecule has 2 heterocycles. The highest BCUT2D eigenvalue weighted by molar-refractivity contribution is 6.35. The van der Waals surface area contributed by atoms with Crippen LogP contribution in [0.3, 0.4) is 0 Å². The summed E-state index contributed by atoms with van der Waals surface area (Å²) in [6.45, 7) is 2.06. The van der Waals surface area contributed by atoms with Gasteiger partial charge in [-0.1, -0.05) is 30.5 Å². The Morgan fingerprint density at radius 3 is 3.04 bits per heavy atom. The molecule has 134 valence electrons. The van der Waals surface area contributed by atoms with Gasteiger partial charge in [0, 0.05) is 54.1 Å². The smallest absolute Gasteiger partial charge is 0.224 e. The molecule has 1 saturated heterocycles. The molecular formula is C20H25ClN2O2. The number of nitrogens with zero attached hydrogens (tertiary/aromatic N) is 2. The lowest BCUT2D eigenvalue weighted by molar-refractivity contribution is -0.143. The van der Waals surface area contributed by atoms with Crippen molar-refractivity contribution in [1.29, 1.82) is 0 Å². The molecule has 0 unspecified atom stereocenters. The van der Waals surface area contributed by atoms with Crippen molar-refractivity contribution in [3.8, 4) is 0 Å². The maximum Gasteiger partial charge on any atom is 0.224 e. The zero-order chi connectivity index (χ0) is 17.4. The van der Waals surface area contributed by atoms with E-state index in [1.165, 1.54) is 6.42 Å². The van der Waals surface area contributed by atoms with E-state index >= 15 is 0 Å². The van der Waals surface area contributed by atoms with Gasteiger partial charge >= 0.3 is 0 Å². The molecule has 1 aromatic heterocycles. The van der Waals surface area contributed by atoms with E-state index in [1.807, 2.05) is 35.4 Å². The molecular weight excluding hydrogens is 336 g/mol. The van der Waals surface area contributed by atoms with Crippen molar-refractivity contribution in [2.45, 2.75) is 50.7 Å². The Hall–Kier alpha value is -1.52. The van der Waals surface area contributed by atoms with E-state index < -0.39 is 5.60 Å². The Morgan fingerprint density at radius 1 is 1.28 bits per heavy atom. The molecule has 2 atom stereocenters. The number of piperidine rings is 1. The van der Waals surface area contributed by atoms with Gasteiger partial charge in [-0.15, -0.1) is 0 Å². The van der Waals surface area contributed by atoms with Gasteiger partial charge < -0.3 is 14.6 Å². The number of halogens is 1. The SMILES string of the molecule is O=C(CCn1ccc2c(Cl)cccc21)N1CC[C@]2(O)CCCC[C@@H]2C1. The van der Waals surface area contributed by atoms with Crippen LogP contribution in [0.4, 0.5) is 0 Å². The van der Waals surface area contributed by atoms with Crippen LogP contribution in [0, 0.1) is 5.92 Å². The number of aliphatic hydroxyl groups is 1. The summed E-state index contributed by atoms with van der Waals surface area (Å²) in [4.78, 5) is 14.6. The second-order valence-electron chi connectivity index (χ2n) is 7.57. The van der Waals surface area contributed by atoms with Crippen molar-refractivity contribution in [3.63, 3.8) is 0 Å². The number of aromatic nitrogens is 1. The lowest BCUT2D eigenvalue weighted by atomic mass is 9.71. The maximum atomic E-state index is 12.7. The number of carbonyl (C=O) groups excluding carboxylic acids is 1. The summed E-state index contributed by atoms with van der Waals surface area (Å²) >= 11 is 6.22. The quantitative estimate of drug-likeness (QED) is 0.903. The van der Waals surface area contributed by atoms with Crippen LogP contribution in [0.25, 0.3) is 10.9 Å². The van der Waals surface area contributed by atoms with E-state index in [0.717, 1.165) is 41.6 Å². The number of likely N-dealkylation sites (tertiary alicyclic amines) is 1. The van der Waals surface area contributed by atoms with E-state index in [1.54, 1.807) is 0 Å². The van der Waals surface area contributed by atoms with Crippen molar-refractivity contribution in [2.75, 3.05) is 13.1 Å². The van der Waals surface area contributed by atoms with Crippen LogP contribution in [0.5, 0.6) is 0 Å². The predicted molar refractivity (Wildman–Crippen MR) is 99.7 cm³/mol. The van der Waals surface area contributed by atoms with Gasteiger partial charge in [0.15, 0.2) is 0 Å². The minimum absolute atomic E-state index is 0.191. The third kappa shape index (κ3) is 3.18. The molecule has 1 aliphatic carbocycles. The van der Waals surface area contributed by atoms with Gasteiger partial charge in [0.05, 0.1) is 5.60 Å². The Kier molecular flexibility index (Phi) is 4.50. The van der Waals surface area contributed by atoms with Gasteiger partial charge in [-0.25, -0.2) is 0 Å². The van der Waals surface area contributed by atoms with E-state index in [2.05, 4.69) is 4.57 Å². The fourth-order valence-corrected chi connectivity index (χ4v) is 4.79. The Labute approximate surface area is 153 Å². The van der Waals surface area contributed by atoms with E-state index in [0.29, 0.717) is 26.1 Å². The molecule has 2 aromatic rings. The first-order valence-corrected chi connectivity index (χ1v) is 9.68. The van der Waals surface area contributed by atoms with Gasteiger partial charge in [0.2, 0.25) is 5.91 Å². The second kappa shape index (κ2) is 6.65. The van der Waals surface area contributed by atoms with Crippen molar-refractivity contribution in [2.24, 2.45) is 5.92 Å². The van der Waals surface area contributed by atoms with Gasteiger partial charge in [-0.05, 0) is 37.5 Å². The van der Waals surface area contributed by atoms with Gasteiger partial charge in [0.1, 0.15) is 0 Å². The number of amides is 1. The highest BCUT2D eigenvalue weighted by atomic mass is 35.5. The third-order valence-corrected chi connectivity index (χ3v) is 6.44. The summed E-state index contributed by atoms with van der Waals surface area (Å²) in [6, 6.07) is 7.87. The number of rotatable bonds is 3. The van der Waals surface area contributed by atoms with Crippen LogP contribution in [0.15, 0.2) is 30.5 Å². The standard InChI is InChI=1S/C20H25ClN2O2/c21-17-5-3-6-18-16(17)7-11-22(18)12-8-19(24)23-13-10-20(25)9-2-1-4-15(20)14-23/h3,5-7,11,15,25H,1-2,4,8-10,12-14H2/t15-,20-/m1/s1. The van der Waals surface area contributed by atoms with Crippen LogP contribution >= 0.6 is 11.6 Å². The van der Waals surface area contributed by atoms with E-state index in [9.17, 15) is 9.90 Å². The monoisotopic (exact) mass is 360 g/mol. The van der Waals surface area contributed by atoms with Gasteiger partial charge in [0.25, 0.3) is 0 Å². The Balaban J connectivity index is 1.40. The van der Waals surface area contributed by atoms with Gasteiger partial charge in [-0.2, -0.15) is 0 Å². The minimum Gasteiger partial charge on any atom is -0.389 e. The Morgan fingerprint density at radius 2 is 2.16 bits per heavy atom. The number of carbonyl (C=O) groups is 1. The predicted octanol–water partition coefficient (Wildman–Crippen LogP) is 3.84. The molecule has 1 aromatic carbocycles. The fourth-order valence-electron chi connectivity index (χ4n) is 4.55. The number of hydrogen-bond acceptors (Lipinski definition) is 2. The highest BCUT2D eigenvalue weighted by Gasteiger charge is 2.43. The minimum atomic E-state index is -0.525. The second-order valence-corrected chi connectivity index (χ2v) is 7.98. The molecule has 1 saturated carbocycles. The highest BCUT2D eigenvalue weighted by Crippen LogP contribution is 2.39. The summed E-state index contributed by atoms with van der Waals surface area (Å²) < 4.78 is 2.10. The van der Waals surface area contributed by atoms with Crippen LogP contribution in [0.1, 0.15) is 38.5 Å². The lowest BCUT2D eigenvalue weighted by Crippen LogP contribution is -2.54. The zero-order valence-electron chi connectivity index (χ0n) is 14.5. The Bertz CT molecular complexity index is 787. The summed E-state index contributed by atoms with van der Waals surface area (Å²) in [7, 11) is 0. The topological polar surface area (TPSA) is 45.5 Å².